The van der Waals surface area contributed by atoms with Crippen LogP contribution in [0.4, 0.5) is 15.8 Å². The monoisotopic (exact) mass is 413 g/mol. The molecule has 5 rings (SSSR count). The van der Waals surface area contributed by atoms with Gasteiger partial charge < -0.3 is 14.7 Å². The highest BCUT2D eigenvalue weighted by Crippen LogP contribution is 2.52. The fourth-order valence-corrected chi connectivity index (χ4v) is 5.53. The molecule has 0 N–H and O–H groups in total. The van der Waals surface area contributed by atoms with Gasteiger partial charge in [-0.1, -0.05) is 12.1 Å². The molecular weight excluding hydrogens is 387 g/mol. The molecular formula is C24H26B2FN3O. The molecule has 0 amide bonds. The topological polar surface area (TPSA) is 26.8 Å². The molecule has 3 heterocycles. The summed E-state index contributed by atoms with van der Waals surface area (Å²) in [6.07, 6.45) is 2.35. The van der Waals surface area contributed by atoms with Gasteiger partial charge in [0, 0.05) is 50.6 Å². The highest BCUT2D eigenvalue weighted by molar-refractivity contribution is 6.42. The van der Waals surface area contributed by atoms with Crippen molar-refractivity contribution in [2.75, 3.05) is 43.0 Å². The van der Waals surface area contributed by atoms with Crippen molar-refractivity contribution < 1.29 is 9.18 Å². The molecule has 3 aliphatic rings. The van der Waals surface area contributed by atoms with E-state index in [0.717, 1.165) is 38.2 Å². The highest BCUT2D eigenvalue weighted by Gasteiger charge is 2.47. The number of Topliss-reactive ketones (excluding diaryl/α,β-unsaturated/α-hetero) is 1. The van der Waals surface area contributed by atoms with Crippen LogP contribution in [-0.4, -0.2) is 71.0 Å². The van der Waals surface area contributed by atoms with Gasteiger partial charge in [0.15, 0.2) is 5.78 Å². The number of halogens is 1. The van der Waals surface area contributed by atoms with E-state index in [1.807, 2.05) is 11.9 Å². The number of fused-ring (bicyclic) bond motifs is 3. The maximum atomic E-state index is 13.1. The van der Waals surface area contributed by atoms with Crippen molar-refractivity contribution in [2.24, 2.45) is 0 Å². The summed E-state index contributed by atoms with van der Waals surface area (Å²) >= 11 is 0. The molecule has 2 atom stereocenters. The summed E-state index contributed by atoms with van der Waals surface area (Å²) in [4.78, 5) is 19.3. The minimum absolute atomic E-state index is 0.0769. The minimum Gasteiger partial charge on any atom is -0.383 e. The lowest BCUT2D eigenvalue weighted by Gasteiger charge is -2.50. The second-order valence-electron chi connectivity index (χ2n) is 9.19. The van der Waals surface area contributed by atoms with Crippen LogP contribution in [0.3, 0.4) is 0 Å². The van der Waals surface area contributed by atoms with Gasteiger partial charge in [0.2, 0.25) is 0 Å². The molecule has 31 heavy (non-hydrogen) atoms. The Balaban J connectivity index is 1.25. The van der Waals surface area contributed by atoms with Gasteiger partial charge in [0.1, 0.15) is 5.82 Å². The first kappa shape index (κ1) is 20.6. The summed E-state index contributed by atoms with van der Waals surface area (Å²) in [6.45, 7) is 3.50. The van der Waals surface area contributed by atoms with Gasteiger partial charge in [-0.05, 0) is 60.6 Å². The predicted octanol–water partition coefficient (Wildman–Crippen LogP) is 2.91. The molecule has 1 unspecified atom stereocenters. The molecule has 0 aliphatic carbocycles. The second kappa shape index (κ2) is 7.70. The lowest BCUT2D eigenvalue weighted by Crippen LogP contribution is -2.61. The summed E-state index contributed by atoms with van der Waals surface area (Å²) in [6, 6.07) is 12.7. The Morgan fingerprint density at radius 2 is 1.97 bits per heavy atom. The number of benzene rings is 2. The smallest absolute Gasteiger partial charge is 0.162 e. The van der Waals surface area contributed by atoms with E-state index >= 15 is 0 Å². The van der Waals surface area contributed by atoms with Crippen LogP contribution in [0.2, 0.25) is 0 Å². The van der Waals surface area contributed by atoms with Crippen molar-refractivity contribution in [1.82, 2.24) is 4.90 Å². The third kappa shape index (κ3) is 3.57. The molecule has 1 saturated heterocycles. The number of likely N-dealkylation sites (tertiary alicyclic amines) is 1. The van der Waals surface area contributed by atoms with E-state index in [9.17, 15) is 9.18 Å². The number of para-hydroxylation sites is 1. The summed E-state index contributed by atoms with van der Waals surface area (Å²) < 4.78 is 13.1. The number of rotatable bonds is 5. The standard InChI is InChI=1S/C24H26B2FN3O/c1-28-21-5-2-4-18-19-14-29(12-3-6-22(31)16-7-9-17(27)10-8-16)13-11-20(19)30(23(18)21)15-24(28,25)26/h2,4-5,7-10,19-20H,3,6,11-15H2,1H3/t19?,20-/m0/s1. The third-order valence-electron chi connectivity index (χ3n) is 7.25. The van der Waals surface area contributed by atoms with Crippen molar-refractivity contribution in [1.29, 1.82) is 0 Å². The van der Waals surface area contributed by atoms with Crippen molar-refractivity contribution >= 4 is 32.9 Å². The first-order chi connectivity index (χ1) is 14.8. The minimum atomic E-state index is -0.877. The Morgan fingerprint density at radius 1 is 1.19 bits per heavy atom. The van der Waals surface area contributed by atoms with Gasteiger partial charge in [-0.3, -0.25) is 4.79 Å². The number of hydrogen-bond donors (Lipinski definition) is 0. The van der Waals surface area contributed by atoms with Crippen molar-refractivity contribution in [2.45, 2.75) is 36.6 Å². The fraction of sp³-hybridized carbons (Fsp3) is 0.458. The molecule has 0 bridgehead atoms. The number of likely N-dealkylation sites (N-methyl/N-ethyl adjacent to an activating group) is 1. The molecule has 2 aromatic carbocycles. The Kier molecular flexibility index (Phi) is 5.12. The number of hydrogen-bond acceptors (Lipinski definition) is 4. The van der Waals surface area contributed by atoms with Crippen LogP contribution in [0, 0.1) is 5.82 Å². The average Bonchev–Trinajstić information content (AvgIpc) is 3.06. The van der Waals surface area contributed by atoms with Crippen molar-refractivity contribution in [3.8, 4) is 0 Å². The Morgan fingerprint density at radius 3 is 2.74 bits per heavy atom. The van der Waals surface area contributed by atoms with Crippen LogP contribution >= 0.6 is 0 Å². The first-order valence-corrected chi connectivity index (χ1v) is 11.1. The summed E-state index contributed by atoms with van der Waals surface area (Å²) in [5.74, 6) is 0.192. The molecule has 4 radical (unpaired) electrons. The molecule has 3 aliphatic heterocycles. The largest absolute Gasteiger partial charge is 0.383 e. The van der Waals surface area contributed by atoms with Crippen LogP contribution in [-0.2, 0) is 0 Å². The zero-order valence-corrected chi connectivity index (χ0v) is 17.9. The van der Waals surface area contributed by atoms with E-state index in [1.54, 1.807) is 12.1 Å². The zero-order chi connectivity index (χ0) is 21.8. The van der Waals surface area contributed by atoms with Crippen LogP contribution in [0.5, 0.6) is 0 Å². The number of nitrogens with zero attached hydrogens (tertiary/aromatic N) is 3. The van der Waals surface area contributed by atoms with E-state index in [0.29, 0.717) is 30.5 Å². The fourth-order valence-electron chi connectivity index (χ4n) is 5.53. The summed E-state index contributed by atoms with van der Waals surface area (Å²) in [7, 11) is 14.8. The Labute approximate surface area is 186 Å². The van der Waals surface area contributed by atoms with E-state index in [1.165, 1.54) is 23.4 Å². The Bertz CT molecular complexity index is 997. The molecule has 0 saturated carbocycles. The zero-order valence-electron chi connectivity index (χ0n) is 17.9. The van der Waals surface area contributed by atoms with Gasteiger partial charge in [-0.15, -0.1) is 0 Å². The quantitative estimate of drug-likeness (QED) is 0.557. The second-order valence-corrected chi connectivity index (χ2v) is 9.19. The average molecular weight is 413 g/mol. The number of anilines is 2. The normalized spacial score (nSPS) is 24.1. The van der Waals surface area contributed by atoms with Gasteiger partial charge in [-0.2, -0.15) is 0 Å². The van der Waals surface area contributed by atoms with E-state index in [-0.39, 0.29) is 11.6 Å². The number of piperidine rings is 1. The predicted molar refractivity (Wildman–Crippen MR) is 124 cm³/mol. The first-order valence-electron chi connectivity index (χ1n) is 11.1. The van der Waals surface area contributed by atoms with E-state index < -0.39 is 5.34 Å². The summed E-state index contributed by atoms with van der Waals surface area (Å²) in [5.41, 5.74) is 4.37. The highest BCUT2D eigenvalue weighted by atomic mass is 19.1. The Hall–Kier alpha value is -2.27. The maximum Gasteiger partial charge on any atom is 0.162 e. The van der Waals surface area contributed by atoms with Crippen LogP contribution in [0.1, 0.15) is 41.1 Å². The van der Waals surface area contributed by atoms with E-state index in [4.69, 9.17) is 15.7 Å². The number of ketones is 1. The van der Waals surface area contributed by atoms with Gasteiger partial charge in [0.25, 0.3) is 0 Å². The van der Waals surface area contributed by atoms with Gasteiger partial charge in [0.05, 0.1) is 27.1 Å². The van der Waals surface area contributed by atoms with Gasteiger partial charge >= 0.3 is 0 Å². The summed E-state index contributed by atoms with van der Waals surface area (Å²) in [5, 5.41) is -0.877. The molecule has 7 heteroatoms. The molecule has 1 fully saturated rings. The SMILES string of the molecule is [B]C1([B])CN2c3c(cccc3N1C)C1CN(CCCC(=O)c3ccc(F)cc3)CC[C@@H]12. The van der Waals surface area contributed by atoms with Crippen molar-refractivity contribution in [3.05, 3.63) is 59.4 Å². The molecule has 0 aromatic heterocycles. The molecule has 2 aromatic rings. The van der Waals surface area contributed by atoms with E-state index in [2.05, 4.69) is 28.0 Å². The number of carbonyl (C=O) groups excluding carboxylic acids is 1. The van der Waals surface area contributed by atoms with Crippen LogP contribution in [0.25, 0.3) is 0 Å². The van der Waals surface area contributed by atoms with Crippen molar-refractivity contribution in [3.63, 3.8) is 0 Å². The lowest BCUT2D eigenvalue weighted by molar-refractivity contribution is 0.0971. The van der Waals surface area contributed by atoms with Crippen LogP contribution in [0.15, 0.2) is 42.5 Å². The molecule has 4 nitrogen and oxygen atoms in total. The third-order valence-corrected chi connectivity index (χ3v) is 7.25. The molecule has 0 spiro atoms. The lowest BCUT2D eigenvalue weighted by atomic mass is 9.59. The maximum absolute atomic E-state index is 13.1. The number of carbonyl (C=O) groups is 1. The van der Waals surface area contributed by atoms with Crippen LogP contribution < -0.4 is 9.80 Å². The molecule has 156 valence electrons. The van der Waals surface area contributed by atoms with Gasteiger partial charge in [-0.25, -0.2) is 4.39 Å².